The second kappa shape index (κ2) is 15.6. The van der Waals surface area contributed by atoms with E-state index in [9.17, 15) is 19.5 Å². The Morgan fingerprint density at radius 3 is 2.19 bits per heavy atom. The van der Waals surface area contributed by atoms with Crippen LogP contribution in [0.4, 0.5) is 0 Å². The molecular weight excluding hydrogens is 625 g/mol. The molecule has 1 saturated heterocycles. The standard InChI is InChI=1S/C38H44N4O5S/c1-5-6-7-8-19-47-30-15-13-26(14-16-30)28-21-39-34(40-22-28)27-11-9-25(10-12-27)20-31(36(44)42-23-29(24-42)37(45)46)41-35(43)32-17-18-33(48-32)38(2,3)4/h9-18,21-22,29,31H,5-8,19-20,23-24H2,1-4H3,(H,41,43)(H,45,46)/t31-/m0/s1. The van der Waals surface area contributed by atoms with Crippen LogP contribution in [0, 0.1) is 5.92 Å². The molecule has 9 nitrogen and oxygen atoms in total. The van der Waals surface area contributed by atoms with E-state index < -0.39 is 17.9 Å². The fourth-order valence-electron chi connectivity index (χ4n) is 5.44. The molecule has 4 aromatic rings. The number of benzene rings is 2. The van der Waals surface area contributed by atoms with E-state index in [2.05, 4.69) is 43.0 Å². The van der Waals surface area contributed by atoms with Crippen LogP contribution in [-0.4, -0.2) is 63.5 Å². The molecule has 252 valence electrons. The van der Waals surface area contributed by atoms with Crippen LogP contribution in [-0.2, 0) is 21.4 Å². The van der Waals surface area contributed by atoms with Gasteiger partial charge in [0.1, 0.15) is 11.8 Å². The van der Waals surface area contributed by atoms with Crippen molar-refractivity contribution < 1.29 is 24.2 Å². The molecule has 2 aromatic heterocycles. The van der Waals surface area contributed by atoms with Gasteiger partial charge in [-0.05, 0) is 47.2 Å². The van der Waals surface area contributed by atoms with Gasteiger partial charge in [-0.1, -0.05) is 83.4 Å². The Balaban J connectivity index is 1.23. The number of carboxylic acid groups (broad SMARTS) is 1. The van der Waals surface area contributed by atoms with Crippen molar-refractivity contribution in [1.29, 1.82) is 0 Å². The van der Waals surface area contributed by atoms with Gasteiger partial charge in [0.15, 0.2) is 5.82 Å². The van der Waals surface area contributed by atoms with Crippen LogP contribution in [0.3, 0.4) is 0 Å². The van der Waals surface area contributed by atoms with E-state index in [1.165, 1.54) is 35.5 Å². The van der Waals surface area contributed by atoms with Gasteiger partial charge in [0.2, 0.25) is 5.91 Å². The first kappa shape index (κ1) is 34.8. The maximum Gasteiger partial charge on any atom is 0.310 e. The minimum Gasteiger partial charge on any atom is -0.494 e. The van der Waals surface area contributed by atoms with Crippen molar-refractivity contribution >= 4 is 29.1 Å². The van der Waals surface area contributed by atoms with Gasteiger partial charge >= 0.3 is 5.97 Å². The molecule has 0 aliphatic carbocycles. The molecule has 0 unspecified atom stereocenters. The van der Waals surface area contributed by atoms with Crippen LogP contribution in [0.25, 0.3) is 22.5 Å². The SMILES string of the molecule is CCCCCCOc1ccc(-c2cnc(-c3ccc(C[C@H](NC(=O)c4ccc(C(C)(C)C)s4)C(=O)N4CC(C(=O)O)C4)cc3)nc2)cc1. The predicted octanol–water partition coefficient (Wildman–Crippen LogP) is 7.01. The first-order valence-electron chi connectivity index (χ1n) is 16.6. The minimum absolute atomic E-state index is 0.0956. The lowest BCUT2D eigenvalue weighted by molar-refractivity contribution is -0.153. The Hall–Kier alpha value is -4.57. The zero-order chi connectivity index (χ0) is 34.3. The maximum absolute atomic E-state index is 13.5. The number of amides is 2. The monoisotopic (exact) mass is 668 g/mol. The van der Waals surface area contributed by atoms with Crippen LogP contribution < -0.4 is 10.1 Å². The number of hydrogen-bond donors (Lipinski definition) is 2. The summed E-state index contributed by atoms with van der Waals surface area (Å²) in [7, 11) is 0. The van der Waals surface area contributed by atoms with Crippen molar-refractivity contribution in [2.75, 3.05) is 19.7 Å². The maximum atomic E-state index is 13.5. The van der Waals surface area contributed by atoms with Crippen LogP contribution in [0.2, 0.25) is 0 Å². The number of likely N-dealkylation sites (tertiary alicyclic amines) is 1. The average molecular weight is 669 g/mol. The van der Waals surface area contributed by atoms with E-state index >= 15 is 0 Å². The molecule has 48 heavy (non-hydrogen) atoms. The predicted molar refractivity (Wildman–Crippen MR) is 188 cm³/mol. The van der Waals surface area contributed by atoms with Crippen LogP contribution >= 0.6 is 11.3 Å². The summed E-state index contributed by atoms with van der Waals surface area (Å²) in [4.78, 5) is 50.4. The summed E-state index contributed by atoms with van der Waals surface area (Å²) in [6, 6.07) is 18.5. The van der Waals surface area contributed by atoms with Crippen LogP contribution in [0.1, 0.15) is 73.5 Å². The number of thiophene rings is 1. The number of unbranched alkanes of at least 4 members (excludes halogenated alkanes) is 3. The summed E-state index contributed by atoms with van der Waals surface area (Å²) in [5.41, 5.74) is 3.48. The van der Waals surface area contributed by atoms with Gasteiger partial charge in [-0.15, -0.1) is 11.3 Å². The number of carboxylic acids is 1. The summed E-state index contributed by atoms with van der Waals surface area (Å²) >= 11 is 1.41. The molecule has 1 aliphatic heterocycles. The Morgan fingerprint density at radius 1 is 0.917 bits per heavy atom. The van der Waals surface area contributed by atoms with E-state index in [0.717, 1.165) is 45.9 Å². The van der Waals surface area contributed by atoms with Gasteiger partial charge in [0.25, 0.3) is 5.91 Å². The van der Waals surface area contributed by atoms with Gasteiger partial charge in [-0.25, -0.2) is 9.97 Å². The third-order valence-corrected chi connectivity index (χ3v) is 9.98. The third-order valence-electron chi connectivity index (χ3n) is 8.47. The Morgan fingerprint density at radius 2 is 1.58 bits per heavy atom. The second-order valence-electron chi connectivity index (χ2n) is 13.3. The number of aromatic nitrogens is 2. The topological polar surface area (TPSA) is 122 Å². The summed E-state index contributed by atoms with van der Waals surface area (Å²) < 4.78 is 5.86. The molecule has 0 bridgehead atoms. The normalized spacial score (nSPS) is 13.9. The molecule has 0 spiro atoms. The molecule has 1 aliphatic rings. The lowest BCUT2D eigenvalue weighted by Gasteiger charge is -2.38. The number of ether oxygens (including phenoxy) is 1. The average Bonchev–Trinajstić information content (AvgIpc) is 3.56. The van der Waals surface area contributed by atoms with Crippen molar-refractivity contribution in [3.63, 3.8) is 0 Å². The van der Waals surface area contributed by atoms with Crippen molar-refractivity contribution in [3.05, 3.63) is 88.4 Å². The highest BCUT2D eigenvalue weighted by atomic mass is 32.1. The number of nitrogens with one attached hydrogen (secondary N) is 1. The first-order chi connectivity index (χ1) is 23.0. The Bertz CT molecular complexity index is 1690. The Kier molecular flexibility index (Phi) is 11.3. The van der Waals surface area contributed by atoms with E-state index in [1.807, 2.05) is 54.6 Å². The van der Waals surface area contributed by atoms with E-state index in [0.29, 0.717) is 10.7 Å². The Labute approximate surface area is 286 Å². The van der Waals surface area contributed by atoms with Gasteiger partial charge in [-0.3, -0.25) is 14.4 Å². The van der Waals surface area contributed by atoms with E-state index in [1.54, 1.807) is 18.5 Å². The molecule has 2 N–H and O–H groups in total. The summed E-state index contributed by atoms with van der Waals surface area (Å²) in [5, 5.41) is 12.2. The van der Waals surface area contributed by atoms with Gasteiger partial charge in [0.05, 0.1) is 17.4 Å². The fraction of sp³-hybridized carbons (Fsp3) is 0.395. The molecule has 0 saturated carbocycles. The van der Waals surface area contributed by atoms with E-state index in [-0.39, 0.29) is 36.7 Å². The zero-order valence-corrected chi connectivity index (χ0v) is 28.9. The van der Waals surface area contributed by atoms with Crippen molar-refractivity contribution in [2.24, 2.45) is 5.92 Å². The third kappa shape index (κ3) is 8.86. The van der Waals surface area contributed by atoms with Gasteiger partial charge in [-0.2, -0.15) is 0 Å². The summed E-state index contributed by atoms with van der Waals surface area (Å²) in [5.74, 6) is -0.685. The lowest BCUT2D eigenvalue weighted by atomic mass is 9.95. The molecule has 2 amide bonds. The number of rotatable bonds is 14. The molecule has 1 fully saturated rings. The molecular formula is C38H44N4O5S. The van der Waals surface area contributed by atoms with Gasteiger partial charge in [0, 0.05) is 47.9 Å². The smallest absolute Gasteiger partial charge is 0.310 e. The molecule has 10 heteroatoms. The second-order valence-corrected chi connectivity index (χ2v) is 14.4. The molecule has 3 heterocycles. The fourth-order valence-corrected chi connectivity index (χ4v) is 6.41. The van der Waals surface area contributed by atoms with E-state index in [4.69, 9.17) is 4.74 Å². The highest BCUT2D eigenvalue weighted by Gasteiger charge is 2.39. The molecule has 2 aromatic carbocycles. The van der Waals surface area contributed by atoms with Crippen LogP contribution in [0.5, 0.6) is 5.75 Å². The zero-order valence-electron chi connectivity index (χ0n) is 28.1. The quantitative estimate of drug-likeness (QED) is 0.139. The number of carbonyl (C=O) groups excluding carboxylic acids is 2. The summed E-state index contributed by atoms with van der Waals surface area (Å²) in [6.07, 6.45) is 8.54. The van der Waals surface area contributed by atoms with Crippen LogP contribution in [0.15, 0.2) is 73.1 Å². The molecule has 5 rings (SSSR count). The number of hydrogen-bond acceptors (Lipinski definition) is 7. The molecule has 1 atom stereocenters. The van der Waals surface area contributed by atoms with Crippen molar-refractivity contribution in [3.8, 4) is 28.3 Å². The highest BCUT2D eigenvalue weighted by molar-refractivity contribution is 7.14. The minimum atomic E-state index is -0.922. The number of nitrogens with zero attached hydrogens (tertiary/aromatic N) is 3. The lowest BCUT2D eigenvalue weighted by Crippen LogP contribution is -2.59. The van der Waals surface area contributed by atoms with Gasteiger partial charge < -0.3 is 20.1 Å². The van der Waals surface area contributed by atoms with Crippen molar-refractivity contribution in [2.45, 2.75) is 71.3 Å². The number of aliphatic carboxylic acids is 1. The largest absolute Gasteiger partial charge is 0.494 e. The highest BCUT2D eigenvalue weighted by Crippen LogP contribution is 2.30. The summed E-state index contributed by atoms with van der Waals surface area (Å²) in [6.45, 7) is 9.45. The van der Waals surface area contributed by atoms with Crippen molar-refractivity contribution in [1.82, 2.24) is 20.2 Å². The molecule has 0 radical (unpaired) electrons. The number of carbonyl (C=O) groups is 3. The first-order valence-corrected chi connectivity index (χ1v) is 17.4.